The smallest absolute Gasteiger partial charge is 0.410 e. The quantitative estimate of drug-likeness (QED) is 0.599. The SMILES string of the molecule is CC(C)(C)OC(=O)N1CCC(C(=N)c2cc(Cl)c(O)cc2O)C(=N)C1. The maximum absolute atomic E-state index is 12.1. The summed E-state index contributed by atoms with van der Waals surface area (Å²) in [5.74, 6) is -1.08. The molecule has 1 unspecified atom stereocenters. The van der Waals surface area contributed by atoms with Gasteiger partial charge >= 0.3 is 6.09 Å². The molecule has 0 bridgehead atoms. The van der Waals surface area contributed by atoms with Crippen LogP contribution < -0.4 is 0 Å². The molecular weight excluding hydrogens is 346 g/mol. The molecule has 0 saturated carbocycles. The molecular formula is C17H22ClN3O4. The number of nitrogens with zero attached hydrogens (tertiary/aromatic N) is 1. The molecule has 1 amide bonds. The second-order valence-electron chi connectivity index (χ2n) is 7.00. The molecule has 1 aliphatic heterocycles. The number of phenols is 2. The monoisotopic (exact) mass is 367 g/mol. The predicted molar refractivity (Wildman–Crippen MR) is 95.3 cm³/mol. The van der Waals surface area contributed by atoms with Gasteiger partial charge in [0.2, 0.25) is 0 Å². The number of phenolic OH excluding ortho intramolecular Hbond substituents is 2. The molecule has 0 spiro atoms. The van der Waals surface area contributed by atoms with E-state index in [1.54, 1.807) is 20.8 Å². The second-order valence-corrected chi connectivity index (χ2v) is 7.41. The number of hydrogen-bond donors (Lipinski definition) is 4. The largest absolute Gasteiger partial charge is 0.507 e. The number of carbonyl (C=O) groups is 1. The highest BCUT2D eigenvalue weighted by molar-refractivity contribution is 6.32. The fourth-order valence-corrected chi connectivity index (χ4v) is 2.77. The van der Waals surface area contributed by atoms with Gasteiger partial charge in [-0.3, -0.25) is 0 Å². The summed E-state index contributed by atoms with van der Waals surface area (Å²) in [5.41, 5.74) is -0.223. The third-order valence-corrected chi connectivity index (χ3v) is 4.13. The van der Waals surface area contributed by atoms with E-state index in [-0.39, 0.29) is 40.1 Å². The minimum absolute atomic E-state index is 0.0234. The molecule has 7 nitrogen and oxygen atoms in total. The Balaban J connectivity index is 2.11. The van der Waals surface area contributed by atoms with Gasteiger partial charge in [-0.05, 0) is 33.3 Å². The van der Waals surface area contributed by atoms with Crippen LogP contribution in [0.15, 0.2) is 12.1 Å². The lowest BCUT2D eigenvalue weighted by Gasteiger charge is -2.34. The molecule has 8 heteroatoms. The number of halogens is 1. The second kappa shape index (κ2) is 6.92. The summed E-state index contributed by atoms with van der Waals surface area (Å²) < 4.78 is 5.31. The maximum Gasteiger partial charge on any atom is 0.410 e. The van der Waals surface area contributed by atoms with Gasteiger partial charge in [0.05, 0.1) is 17.3 Å². The molecule has 0 aliphatic carbocycles. The van der Waals surface area contributed by atoms with Crippen LogP contribution in [0.5, 0.6) is 11.5 Å². The van der Waals surface area contributed by atoms with Crippen molar-refractivity contribution in [3.63, 3.8) is 0 Å². The van der Waals surface area contributed by atoms with E-state index in [1.165, 1.54) is 11.0 Å². The molecule has 1 atom stereocenters. The highest BCUT2D eigenvalue weighted by Crippen LogP contribution is 2.33. The van der Waals surface area contributed by atoms with Crippen molar-refractivity contribution in [1.82, 2.24) is 4.90 Å². The van der Waals surface area contributed by atoms with E-state index in [0.29, 0.717) is 13.0 Å². The maximum atomic E-state index is 12.1. The lowest BCUT2D eigenvalue weighted by Crippen LogP contribution is -2.47. The summed E-state index contributed by atoms with van der Waals surface area (Å²) in [7, 11) is 0. The van der Waals surface area contributed by atoms with E-state index in [9.17, 15) is 15.0 Å². The van der Waals surface area contributed by atoms with Crippen LogP contribution in [-0.2, 0) is 4.74 Å². The van der Waals surface area contributed by atoms with Crippen molar-refractivity contribution in [3.05, 3.63) is 22.7 Å². The Hall–Kier alpha value is -2.28. The van der Waals surface area contributed by atoms with Gasteiger partial charge in [-0.25, -0.2) is 4.79 Å². The van der Waals surface area contributed by atoms with Gasteiger partial charge < -0.3 is 30.7 Å². The Morgan fingerprint density at radius 2 is 1.96 bits per heavy atom. The molecule has 1 aromatic carbocycles. The van der Waals surface area contributed by atoms with Crippen LogP contribution in [-0.4, -0.2) is 51.3 Å². The van der Waals surface area contributed by atoms with E-state index in [4.69, 9.17) is 27.2 Å². The molecule has 1 saturated heterocycles. The first-order valence-electron chi connectivity index (χ1n) is 7.85. The van der Waals surface area contributed by atoms with Gasteiger partial charge in [0.15, 0.2) is 0 Å². The highest BCUT2D eigenvalue weighted by Gasteiger charge is 2.33. The van der Waals surface area contributed by atoms with Crippen molar-refractivity contribution in [3.8, 4) is 11.5 Å². The molecule has 1 fully saturated rings. The van der Waals surface area contributed by atoms with E-state index < -0.39 is 17.6 Å². The zero-order valence-electron chi connectivity index (χ0n) is 14.4. The normalized spacial score (nSPS) is 18.2. The number of carbonyl (C=O) groups excluding carboxylic acids is 1. The van der Waals surface area contributed by atoms with Crippen LogP contribution in [0.2, 0.25) is 5.02 Å². The zero-order chi connectivity index (χ0) is 18.9. The Morgan fingerprint density at radius 3 is 2.52 bits per heavy atom. The number of aromatic hydroxyl groups is 2. The number of benzene rings is 1. The molecule has 1 aliphatic rings. The summed E-state index contributed by atoms with van der Waals surface area (Å²) in [6.45, 7) is 5.73. The van der Waals surface area contributed by atoms with E-state index in [1.807, 2.05) is 0 Å². The first-order chi connectivity index (χ1) is 11.5. The molecule has 25 heavy (non-hydrogen) atoms. The van der Waals surface area contributed by atoms with Gasteiger partial charge in [-0.15, -0.1) is 0 Å². The Bertz CT molecular complexity index is 727. The lowest BCUT2D eigenvalue weighted by molar-refractivity contribution is 0.0261. The minimum atomic E-state index is -0.614. The highest BCUT2D eigenvalue weighted by atomic mass is 35.5. The predicted octanol–water partition coefficient (Wildman–Crippen LogP) is 3.40. The van der Waals surface area contributed by atoms with Crippen molar-refractivity contribution in [2.75, 3.05) is 13.1 Å². The summed E-state index contributed by atoms with van der Waals surface area (Å²) in [4.78, 5) is 13.5. The Morgan fingerprint density at radius 1 is 1.32 bits per heavy atom. The van der Waals surface area contributed by atoms with Crippen LogP contribution in [0.1, 0.15) is 32.8 Å². The number of amides is 1. The number of ether oxygens (including phenoxy) is 1. The average Bonchev–Trinajstić information content (AvgIpc) is 2.48. The summed E-state index contributed by atoms with van der Waals surface area (Å²) in [5, 5.41) is 36.0. The number of piperidine rings is 1. The first-order valence-corrected chi connectivity index (χ1v) is 8.23. The molecule has 1 heterocycles. The van der Waals surface area contributed by atoms with Gasteiger partial charge in [-0.2, -0.15) is 0 Å². The molecule has 4 N–H and O–H groups in total. The van der Waals surface area contributed by atoms with Crippen LogP contribution >= 0.6 is 11.6 Å². The Kier molecular flexibility index (Phi) is 5.27. The fraction of sp³-hybridized carbons (Fsp3) is 0.471. The lowest BCUT2D eigenvalue weighted by atomic mass is 9.86. The van der Waals surface area contributed by atoms with Gasteiger partial charge in [0.25, 0.3) is 0 Å². The first kappa shape index (κ1) is 19.1. The van der Waals surface area contributed by atoms with E-state index in [2.05, 4.69) is 0 Å². The molecule has 0 aromatic heterocycles. The van der Waals surface area contributed by atoms with Crippen molar-refractivity contribution in [2.24, 2.45) is 5.92 Å². The third kappa shape index (κ3) is 4.42. The summed E-state index contributed by atoms with van der Waals surface area (Å²) in [6.07, 6.45) is -0.118. The van der Waals surface area contributed by atoms with Crippen molar-refractivity contribution < 1.29 is 19.7 Å². The van der Waals surface area contributed by atoms with Crippen molar-refractivity contribution >= 4 is 29.1 Å². The van der Waals surface area contributed by atoms with E-state index >= 15 is 0 Å². The van der Waals surface area contributed by atoms with Crippen LogP contribution in [0, 0.1) is 16.7 Å². The minimum Gasteiger partial charge on any atom is -0.507 e. The van der Waals surface area contributed by atoms with Crippen LogP contribution in [0.25, 0.3) is 0 Å². The van der Waals surface area contributed by atoms with Gasteiger partial charge in [0, 0.05) is 29.8 Å². The number of nitrogens with one attached hydrogen (secondary N) is 2. The Labute approximate surface area is 151 Å². The zero-order valence-corrected chi connectivity index (χ0v) is 15.1. The molecule has 1 aromatic rings. The molecule has 0 radical (unpaired) electrons. The number of rotatable bonds is 2. The van der Waals surface area contributed by atoms with Gasteiger partial charge in [-0.1, -0.05) is 11.6 Å². The van der Waals surface area contributed by atoms with Gasteiger partial charge in [0.1, 0.15) is 17.1 Å². The van der Waals surface area contributed by atoms with Crippen LogP contribution in [0.3, 0.4) is 0 Å². The van der Waals surface area contributed by atoms with E-state index in [0.717, 1.165) is 6.07 Å². The molecule has 136 valence electrons. The number of hydrogen-bond acceptors (Lipinski definition) is 6. The summed E-state index contributed by atoms with van der Waals surface area (Å²) >= 11 is 5.85. The summed E-state index contributed by atoms with van der Waals surface area (Å²) in [6, 6.07) is 2.38. The van der Waals surface area contributed by atoms with Crippen molar-refractivity contribution in [2.45, 2.75) is 32.8 Å². The number of likely N-dealkylation sites (tertiary alicyclic amines) is 1. The van der Waals surface area contributed by atoms with Crippen molar-refractivity contribution in [1.29, 1.82) is 10.8 Å². The standard InChI is InChI=1S/C17H22ClN3O4/c1-17(2,3)25-16(24)21-5-4-9(12(19)8-21)15(20)10-6-11(18)14(23)7-13(10)22/h6-7,9,19-20,22-23H,4-5,8H2,1-3H3. The average molecular weight is 368 g/mol. The third-order valence-electron chi connectivity index (χ3n) is 3.83. The fourth-order valence-electron chi connectivity index (χ4n) is 2.61. The topological polar surface area (TPSA) is 118 Å². The molecule has 2 rings (SSSR count). The van der Waals surface area contributed by atoms with Crippen LogP contribution in [0.4, 0.5) is 4.79 Å².